The second kappa shape index (κ2) is 16.9. The molecule has 0 unspecified atom stereocenters. The topological polar surface area (TPSA) is 138 Å². The number of hydrogen-bond donors (Lipinski definition) is 0. The third-order valence-electron chi connectivity index (χ3n) is 10.9. The zero-order chi connectivity index (χ0) is 41.2. The fourth-order valence-corrected chi connectivity index (χ4v) is 7.49. The molecule has 0 amide bonds. The maximum atomic E-state index is 4.52. The Morgan fingerprint density at radius 1 is 0.429 bits per heavy atom. The van der Waals surface area contributed by atoms with Gasteiger partial charge in [-0.15, -0.1) is 0 Å². The Bertz CT molecular complexity index is 2670. The molecule has 0 aromatic carbocycles. The molecule has 0 radical (unpaired) electrons. The molecule has 0 fully saturated rings. The van der Waals surface area contributed by atoms with Crippen LogP contribution in [-0.2, 0) is 54.4 Å². The van der Waals surface area contributed by atoms with E-state index in [9.17, 15) is 0 Å². The summed E-state index contributed by atoms with van der Waals surface area (Å²) in [5, 5.41) is 0. The molecule has 0 spiro atoms. The third kappa shape index (κ3) is 7.43. The van der Waals surface area contributed by atoms with Gasteiger partial charge < -0.3 is 0 Å². The zero-order valence-corrected chi connectivity index (χ0v) is 36.3. The van der Waals surface area contributed by atoms with Crippen LogP contribution in [0.5, 0.6) is 0 Å². The van der Waals surface area contributed by atoms with Crippen LogP contribution >= 0.6 is 0 Å². The smallest absolute Gasteiger partial charge is 0.259 e. The Balaban J connectivity index is 0.000000143. The minimum atomic E-state index is 0.824. The summed E-state index contributed by atoms with van der Waals surface area (Å²) in [4.78, 5) is 34.4. The van der Waals surface area contributed by atoms with Gasteiger partial charge in [0.25, 0.3) is 0 Å². The minimum Gasteiger partial charge on any atom is -0.259 e. The summed E-state index contributed by atoms with van der Waals surface area (Å²) in [7, 11) is 8.20. The molecular formula is C40H60N16+4. The second-order valence-corrected chi connectivity index (χ2v) is 13.9. The third-order valence-corrected chi connectivity index (χ3v) is 10.9. The molecule has 8 aromatic rings. The standard InChI is InChI=1S/C11H17N4.2C10H15N4.C9H13N4/c1-6-15-9(4)14(5)10-7(2)12-8(3)13-11(10)15;1-5-14-8(3)13(4)9-7(2)11-6-12-10(9)14;1-5-14-8(3)13(4)9-6-11-7(2)12-10(9)14;1-4-13-7(2)12(3)8-5-10-6-11-9(8)13/h6H2,1-5H3;2*6H,5H2,1-4H3;5-6H,4H2,1-3H3/q4*+1. The molecule has 8 aromatic heterocycles. The zero-order valence-electron chi connectivity index (χ0n) is 36.3. The van der Waals surface area contributed by atoms with Crippen LogP contribution < -0.4 is 18.3 Å². The minimum absolute atomic E-state index is 0.824. The Kier molecular flexibility index (Phi) is 12.5. The first-order valence-electron chi connectivity index (χ1n) is 19.3. The van der Waals surface area contributed by atoms with E-state index in [0.29, 0.717) is 0 Å². The monoisotopic (exact) mass is 765 g/mol. The van der Waals surface area contributed by atoms with Gasteiger partial charge >= 0.3 is 22.6 Å². The van der Waals surface area contributed by atoms with Gasteiger partial charge in [0.2, 0.25) is 34.9 Å². The lowest BCUT2D eigenvalue weighted by atomic mass is 10.4. The van der Waals surface area contributed by atoms with E-state index in [2.05, 4.69) is 146 Å². The Hall–Kier alpha value is -5.80. The van der Waals surface area contributed by atoms with Gasteiger partial charge in [0.05, 0.1) is 78.2 Å². The van der Waals surface area contributed by atoms with Gasteiger partial charge in [0.1, 0.15) is 0 Å². The van der Waals surface area contributed by atoms with Crippen LogP contribution in [0.2, 0.25) is 0 Å². The molecule has 296 valence electrons. The Morgan fingerprint density at radius 3 is 1.45 bits per heavy atom. The maximum Gasteiger partial charge on any atom is 0.305 e. The summed E-state index contributed by atoms with van der Waals surface area (Å²) in [6.45, 7) is 28.6. The number of imidazole rings is 4. The summed E-state index contributed by atoms with van der Waals surface area (Å²) >= 11 is 0. The molecule has 0 bridgehead atoms. The summed E-state index contributed by atoms with van der Waals surface area (Å²) in [5.74, 6) is 6.51. The van der Waals surface area contributed by atoms with E-state index in [0.717, 1.165) is 93.9 Å². The van der Waals surface area contributed by atoms with E-state index in [-0.39, 0.29) is 0 Å². The molecule has 0 aliphatic carbocycles. The predicted molar refractivity (Wildman–Crippen MR) is 215 cm³/mol. The van der Waals surface area contributed by atoms with Crippen molar-refractivity contribution in [2.45, 2.75) is 109 Å². The maximum absolute atomic E-state index is 4.52. The fourth-order valence-electron chi connectivity index (χ4n) is 7.49. The average molecular weight is 765 g/mol. The highest BCUT2D eigenvalue weighted by Crippen LogP contribution is 2.15. The molecule has 0 N–H and O–H groups in total. The number of aromatic nitrogens is 16. The van der Waals surface area contributed by atoms with Crippen LogP contribution in [0.1, 0.15) is 74.0 Å². The van der Waals surface area contributed by atoms with Crippen LogP contribution in [0, 0.1) is 55.4 Å². The highest BCUT2D eigenvalue weighted by atomic mass is 15.2. The number of nitrogens with zero attached hydrogens (tertiary/aromatic N) is 16. The molecule has 0 aliphatic rings. The van der Waals surface area contributed by atoms with Gasteiger partial charge in [-0.3, -0.25) is 18.3 Å². The lowest BCUT2D eigenvalue weighted by molar-refractivity contribution is -0.676. The molecule has 0 atom stereocenters. The van der Waals surface area contributed by atoms with E-state index in [1.54, 1.807) is 12.7 Å². The van der Waals surface area contributed by atoms with E-state index in [1.807, 2.05) is 54.2 Å². The lowest BCUT2D eigenvalue weighted by Crippen LogP contribution is -2.35. The number of fused-ring (bicyclic) bond motifs is 4. The van der Waals surface area contributed by atoms with Gasteiger partial charge in [0.15, 0.2) is 34.7 Å². The van der Waals surface area contributed by atoms with Crippen molar-refractivity contribution in [3.8, 4) is 0 Å². The average Bonchev–Trinajstić information content (AvgIpc) is 3.77. The Labute approximate surface area is 329 Å². The first kappa shape index (κ1) is 41.4. The van der Waals surface area contributed by atoms with Crippen molar-refractivity contribution in [3.63, 3.8) is 0 Å². The van der Waals surface area contributed by atoms with Crippen molar-refractivity contribution in [2.24, 2.45) is 28.2 Å². The number of hydrogen-bond acceptors (Lipinski definition) is 8. The van der Waals surface area contributed by atoms with Crippen LogP contribution in [-0.4, -0.2) is 58.1 Å². The van der Waals surface area contributed by atoms with Crippen molar-refractivity contribution >= 4 is 44.7 Å². The molecule has 8 rings (SSSR count). The van der Waals surface area contributed by atoms with Gasteiger partial charge in [-0.25, -0.2) is 38.2 Å². The van der Waals surface area contributed by atoms with E-state index < -0.39 is 0 Å². The summed E-state index contributed by atoms with van der Waals surface area (Å²) in [6, 6.07) is 0. The van der Waals surface area contributed by atoms with Crippen molar-refractivity contribution < 1.29 is 18.3 Å². The van der Waals surface area contributed by atoms with E-state index in [1.165, 1.54) is 23.3 Å². The highest BCUT2D eigenvalue weighted by molar-refractivity contribution is 5.71. The molecule has 0 saturated carbocycles. The first-order valence-corrected chi connectivity index (χ1v) is 19.3. The summed E-state index contributed by atoms with van der Waals surface area (Å²) in [6.07, 6.45) is 6.95. The molecule has 8 heterocycles. The van der Waals surface area contributed by atoms with E-state index in [4.69, 9.17) is 0 Å². The normalized spacial score (nSPS) is 11.1. The van der Waals surface area contributed by atoms with Gasteiger partial charge in [-0.05, 0) is 41.5 Å². The van der Waals surface area contributed by atoms with Gasteiger partial charge in [0, 0.05) is 41.5 Å². The Morgan fingerprint density at radius 2 is 0.875 bits per heavy atom. The highest BCUT2D eigenvalue weighted by Gasteiger charge is 2.23. The quantitative estimate of drug-likeness (QED) is 0.248. The molecule has 56 heavy (non-hydrogen) atoms. The van der Waals surface area contributed by atoms with Crippen molar-refractivity contribution in [3.05, 3.63) is 71.4 Å². The predicted octanol–water partition coefficient (Wildman–Crippen LogP) is 3.57. The number of aryl methyl sites for hydroxylation is 12. The summed E-state index contributed by atoms with van der Waals surface area (Å²) in [5.41, 5.74) is 10.6. The SMILES string of the molecule is CC[n+]1c(C)n(C)c2c(C)nc(C)nc21.CC[n+]1c(C)n(C)c2c(C)ncnc21.CC[n+]1c(C)n(C)c2cnc(C)nc21.CC[n+]1c(C)n(C)c2cncnc21. The first-order chi connectivity index (χ1) is 26.6. The molecule has 16 nitrogen and oxygen atoms in total. The van der Waals surface area contributed by atoms with Crippen LogP contribution in [0.3, 0.4) is 0 Å². The van der Waals surface area contributed by atoms with Crippen molar-refractivity contribution in [1.29, 1.82) is 0 Å². The molecule has 0 saturated heterocycles. The molecular weight excluding hydrogens is 705 g/mol. The molecule has 16 heteroatoms. The van der Waals surface area contributed by atoms with Crippen LogP contribution in [0.15, 0.2) is 25.0 Å². The van der Waals surface area contributed by atoms with E-state index >= 15 is 0 Å². The fraction of sp³-hybridized carbons (Fsp3) is 0.500. The largest absolute Gasteiger partial charge is 0.305 e. The lowest BCUT2D eigenvalue weighted by Gasteiger charge is -1.94. The second-order valence-electron chi connectivity index (χ2n) is 13.9. The van der Waals surface area contributed by atoms with Crippen LogP contribution in [0.25, 0.3) is 44.7 Å². The van der Waals surface area contributed by atoms with Gasteiger partial charge in [-0.1, -0.05) is 19.9 Å². The van der Waals surface area contributed by atoms with Crippen molar-refractivity contribution in [1.82, 2.24) is 58.1 Å². The summed E-state index contributed by atoms with van der Waals surface area (Å²) < 4.78 is 17.3. The van der Waals surface area contributed by atoms with Crippen LogP contribution in [0.4, 0.5) is 0 Å². The molecule has 0 aliphatic heterocycles. The van der Waals surface area contributed by atoms with Gasteiger partial charge in [-0.2, -0.15) is 0 Å². The number of rotatable bonds is 4. The van der Waals surface area contributed by atoms with Crippen molar-refractivity contribution in [2.75, 3.05) is 0 Å².